The fraction of sp³-hybridized carbons (Fsp3) is 0.263. The Morgan fingerprint density at radius 3 is 2.73 bits per heavy atom. The van der Waals surface area contributed by atoms with Gasteiger partial charge < -0.3 is 14.8 Å². The van der Waals surface area contributed by atoms with E-state index < -0.39 is 0 Å². The van der Waals surface area contributed by atoms with E-state index in [4.69, 9.17) is 33.3 Å². The van der Waals surface area contributed by atoms with Gasteiger partial charge in [-0.25, -0.2) is 0 Å². The molecule has 0 aliphatic heterocycles. The number of nitrogens with one attached hydrogen (secondary N) is 2. The molecule has 138 valence electrons. The Morgan fingerprint density at radius 2 is 2.00 bits per heavy atom. The summed E-state index contributed by atoms with van der Waals surface area (Å²) in [6.45, 7) is 5.59. The number of benzene rings is 2. The molecule has 2 aromatic carbocycles. The van der Waals surface area contributed by atoms with Crippen molar-refractivity contribution in [2.75, 3.05) is 13.2 Å². The van der Waals surface area contributed by atoms with Gasteiger partial charge in [0.25, 0.3) is 0 Å². The van der Waals surface area contributed by atoms with E-state index in [1.54, 1.807) is 6.21 Å². The summed E-state index contributed by atoms with van der Waals surface area (Å²) >= 11 is 11.1. The summed E-state index contributed by atoms with van der Waals surface area (Å²) in [6, 6.07) is 13.2. The maximum Gasteiger partial charge on any atom is 0.186 e. The maximum absolute atomic E-state index is 6.00. The van der Waals surface area contributed by atoms with Crippen LogP contribution in [0.4, 0.5) is 0 Å². The van der Waals surface area contributed by atoms with Crippen LogP contribution in [-0.4, -0.2) is 24.5 Å². The SMILES string of the molecule is CCNC(=S)NN=Cc1ccc(OCc2cccc(Cl)c2)c(OCC)c1. The fourth-order valence-corrected chi connectivity index (χ4v) is 2.56. The van der Waals surface area contributed by atoms with E-state index in [-0.39, 0.29) is 0 Å². The lowest BCUT2D eigenvalue weighted by atomic mass is 10.2. The summed E-state index contributed by atoms with van der Waals surface area (Å²) in [5.41, 5.74) is 4.62. The van der Waals surface area contributed by atoms with Gasteiger partial charge in [-0.15, -0.1) is 0 Å². The molecule has 0 radical (unpaired) electrons. The van der Waals surface area contributed by atoms with E-state index in [0.29, 0.717) is 34.8 Å². The fourth-order valence-electron chi connectivity index (χ4n) is 2.15. The van der Waals surface area contributed by atoms with Gasteiger partial charge in [0, 0.05) is 11.6 Å². The minimum absolute atomic E-state index is 0.409. The van der Waals surface area contributed by atoms with Crippen LogP contribution in [0.5, 0.6) is 11.5 Å². The minimum Gasteiger partial charge on any atom is -0.490 e. The first kappa shape index (κ1) is 20.0. The van der Waals surface area contributed by atoms with Crippen molar-refractivity contribution >= 4 is 35.1 Å². The lowest BCUT2D eigenvalue weighted by Gasteiger charge is -2.13. The molecule has 0 aromatic heterocycles. The molecule has 5 nitrogen and oxygen atoms in total. The summed E-state index contributed by atoms with van der Waals surface area (Å²) in [7, 11) is 0. The lowest BCUT2D eigenvalue weighted by molar-refractivity contribution is 0.269. The largest absolute Gasteiger partial charge is 0.490 e. The molecule has 0 saturated heterocycles. The number of nitrogens with zero attached hydrogens (tertiary/aromatic N) is 1. The first-order valence-corrected chi connectivity index (χ1v) is 9.12. The van der Waals surface area contributed by atoms with Crippen LogP contribution >= 0.6 is 23.8 Å². The molecule has 0 fully saturated rings. The number of thiocarbonyl (C=S) groups is 1. The first-order chi connectivity index (χ1) is 12.6. The Labute approximate surface area is 164 Å². The van der Waals surface area contributed by atoms with Gasteiger partial charge in [-0.1, -0.05) is 23.7 Å². The van der Waals surface area contributed by atoms with Crippen molar-refractivity contribution in [1.29, 1.82) is 0 Å². The van der Waals surface area contributed by atoms with E-state index >= 15 is 0 Å². The molecule has 0 atom stereocenters. The molecule has 0 aliphatic carbocycles. The molecule has 0 spiro atoms. The Morgan fingerprint density at radius 1 is 1.15 bits per heavy atom. The average molecular weight is 392 g/mol. The average Bonchev–Trinajstić information content (AvgIpc) is 2.62. The standard InChI is InChI=1S/C19H22ClN3O2S/c1-3-21-19(26)23-22-12-14-8-9-17(18(11-14)24-4-2)25-13-15-6-5-7-16(20)10-15/h5-12H,3-4,13H2,1-2H3,(H2,21,23,26). The van der Waals surface area contributed by atoms with Gasteiger partial charge in [0.05, 0.1) is 12.8 Å². The van der Waals surface area contributed by atoms with E-state index in [1.807, 2.05) is 56.3 Å². The molecule has 0 amide bonds. The molecule has 0 heterocycles. The van der Waals surface area contributed by atoms with Crippen molar-refractivity contribution in [3.05, 3.63) is 58.6 Å². The monoisotopic (exact) mass is 391 g/mol. The molecular formula is C19H22ClN3O2S. The van der Waals surface area contributed by atoms with Crippen LogP contribution in [-0.2, 0) is 6.61 Å². The van der Waals surface area contributed by atoms with E-state index in [0.717, 1.165) is 17.7 Å². The van der Waals surface area contributed by atoms with E-state index in [1.165, 1.54) is 0 Å². The highest BCUT2D eigenvalue weighted by atomic mass is 35.5. The number of halogens is 1. The highest BCUT2D eigenvalue weighted by Gasteiger charge is 2.07. The van der Waals surface area contributed by atoms with Crippen LogP contribution in [0.1, 0.15) is 25.0 Å². The van der Waals surface area contributed by atoms with Gasteiger partial charge >= 0.3 is 0 Å². The molecule has 7 heteroatoms. The number of hydrogen-bond donors (Lipinski definition) is 2. The van der Waals surface area contributed by atoms with Crippen LogP contribution in [0.15, 0.2) is 47.6 Å². The van der Waals surface area contributed by atoms with Gasteiger partial charge in [-0.3, -0.25) is 5.43 Å². The number of hydrogen-bond acceptors (Lipinski definition) is 4. The Kier molecular flexibility index (Phi) is 8.18. The van der Waals surface area contributed by atoms with Gasteiger partial charge in [-0.2, -0.15) is 5.10 Å². The third-order valence-corrected chi connectivity index (χ3v) is 3.74. The number of rotatable bonds is 8. The van der Waals surface area contributed by atoms with Crippen molar-refractivity contribution in [2.45, 2.75) is 20.5 Å². The summed E-state index contributed by atoms with van der Waals surface area (Å²) in [6.07, 6.45) is 1.67. The first-order valence-electron chi connectivity index (χ1n) is 8.33. The zero-order valence-electron chi connectivity index (χ0n) is 14.8. The van der Waals surface area contributed by atoms with Gasteiger partial charge in [0.15, 0.2) is 16.6 Å². The second-order valence-corrected chi connectivity index (χ2v) is 6.13. The van der Waals surface area contributed by atoms with Crippen LogP contribution in [0, 0.1) is 0 Å². The maximum atomic E-state index is 6.00. The second-order valence-electron chi connectivity index (χ2n) is 5.29. The molecule has 0 bridgehead atoms. The van der Waals surface area contributed by atoms with Crippen molar-refractivity contribution in [3.63, 3.8) is 0 Å². The normalized spacial score (nSPS) is 10.6. The predicted octanol–water partition coefficient (Wildman–Crippen LogP) is 4.14. The Balaban J connectivity index is 2.05. The van der Waals surface area contributed by atoms with Gasteiger partial charge in [0.2, 0.25) is 0 Å². The van der Waals surface area contributed by atoms with Crippen LogP contribution in [0.3, 0.4) is 0 Å². The predicted molar refractivity (Wildman–Crippen MR) is 110 cm³/mol. The number of hydrazone groups is 1. The van der Waals surface area contributed by atoms with Crippen LogP contribution in [0.2, 0.25) is 5.02 Å². The third kappa shape index (κ3) is 6.54. The third-order valence-electron chi connectivity index (χ3n) is 3.27. The number of ether oxygens (including phenoxy) is 2. The Bertz CT molecular complexity index is 768. The highest BCUT2D eigenvalue weighted by Crippen LogP contribution is 2.29. The summed E-state index contributed by atoms with van der Waals surface area (Å²) in [4.78, 5) is 0. The molecule has 2 rings (SSSR count). The minimum atomic E-state index is 0.409. The van der Waals surface area contributed by atoms with Crippen molar-refractivity contribution < 1.29 is 9.47 Å². The van der Waals surface area contributed by atoms with Crippen molar-refractivity contribution in [1.82, 2.24) is 10.7 Å². The lowest BCUT2D eigenvalue weighted by Crippen LogP contribution is -2.31. The smallest absolute Gasteiger partial charge is 0.186 e. The summed E-state index contributed by atoms with van der Waals surface area (Å²) in [5.74, 6) is 1.33. The quantitative estimate of drug-likeness (QED) is 0.402. The molecular weight excluding hydrogens is 370 g/mol. The summed E-state index contributed by atoms with van der Waals surface area (Å²) < 4.78 is 11.6. The van der Waals surface area contributed by atoms with E-state index in [9.17, 15) is 0 Å². The molecule has 0 unspecified atom stereocenters. The molecule has 0 saturated carbocycles. The van der Waals surface area contributed by atoms with Gasteiger partial charge in [-0.05, 0) is 67.5 Å². The highest BCUT2D eigenvalue weighted by molar-refractivity contribution is 7.80. The van der Waals surface area contributed by atoms with Crippen LogP contribution < -0.4 is 20.2 Å². The molecule has 0 aliphatic rings. The van der Waals surface area contributed by atoms with Crippen LogP contribution in [0.25, 0.3) is 0 Å². The second kappa shape index (κ2) is 10.6. The van der Waals surface area contributed by atoms with Crippen molar-refractivity contribution in [2.24, 2.45) is 5.10 Å². The van der Waals surface area contributed by atoms with E-state index in [2.05, 4.69) is 15.8 Å². The zero-order valence-corrected chi connectivity index (χ0v) is 16.4. The van der Waals surface area contributed by atoms with Gasteiger partial charge in [0.1, 0.15) is 6.61 Å². The molecule has 2 aromatic rings. The topological polar surface area (TPSA) is 54.9 Å². The van der Waals surface area contributed by atoms with Crippen molar-refractivity contribution in [3.8, 4) is 11.5 Å². The molecule has 2 N–H and O–H groups in total. The zero-order chi connectivity index (χ0) is 18.8. The molecule has 26 heavy (non-hydrogen) atoms. The summed E-state index contributed by atoms with van der Waals surface area (Å²) in [5, 5.41) is 8.23. The Hall–Kier alpha value is -2.31.